The number of nitrogens with one attached hydrogen (secondary N) is 1. The van der Waals surface area contributed by atoms with Crippen LogP contribution in [0.5, 0.6) is 5.75 Å². The second-order valence-corrected chi connectivity index (χ2v) is 8.25. The molecule has 1 saturated heterocycles. The average molecular weight is 422 g/mol. The van der Waals surface area contributed by atoms with Crippen molar-refractivity contribution < 1.29 is 9.53 Å². The number of benzene rings is 2. The summed E-state index contributed by atoms with van der Waals surface area (Å²) in [5, 5.41) is 4.94. The summed E-state index contributed by atoms with van der Waals surface area (Å²) in [6.07, 6.45) is 0. The molecule has 3 aromatic rings. The van der Waals surface area contributed by atoms with Gasteiger partial charge in [-0.1, -0.05) is 48.5 Å². The van der Waals surface area contributed by atoms with Crippen LogP contribution in [0.4, 0.5) is 5.69 Å². The van der Waals surface area contributed by atoms with Gasteiger partial charge in [-0.2, -0.15) is 0 Å². The fourth-order valence-electron chi connectivity index (χ4n) is 3.61. The lowest BCUT2D eigenvalue weighted by Gasteiger charge is -2.36. The molecule has 1 aliphatic rings. The Morgan fingerprint density at radius 1 is 0.933 bits per heavy atom. The highest BCUT2D eigenvalue weighted by molar-refractivity contribution is 7.12. The lowest BCUT2D eigenvalue weighted by atomic mass is 10.2. The highest BCUT2D eigenvalue weighted by Crippen LogP contribution is 2.29. The molecule has 0 spiro atoms. The van der Waals surface area contributed by atoms with Gasteiger partial charge in [-0.15, -0.1) is 11.3 Å². The predicted octanol–water partition coefficient (Wildman–Crippen LogP) is 3.88. The quantitative estimate of drug-likeness (QED) is 0.600. The van der Waals surface area contributed by atoms with Gasteiger partial charge in [0, 0.05) is 39.3 Å². The Kier molecular flexibility index (Phi) is 7.00. The number of ether oxygens (including phenoxy) is 1. The van der Waals surface area contributed by atoms with Crippen molar-refractivity contribution in [1.29, 1.82) is 0 Å². The first kappa shape index (κ1) is 20.4. The molecular weight excluding hydrogens is 394 g/mol. The zero-order valence-electron chi connectivity index (χ0n) is 17.0. The highest BCUT2D eigenvalue weighted by atomic mass is 32.1. The molecule has 0 bridgehead atoms. The van der Waals surface area contributed by atoms with E-state index in [0.29, 0.717) is 13.2 Å². The van der Waals surface area contributed by atoms with Crippen LogP contribution in [0, 0.1) is 0 Å². The molecule has 0 saturated carbocycles. The van der Waals surface area contributed by atoms with E-state index in [9.17, 15) is 4.79 Å². The third kappa shape index (κ3) is 5.40. The first-order valence-corrected chi connectivity index (χ1v) is 11.2. The summed E-state index contributed by atoms with van der Waals surface area (Å²) in [6, 6.07) is 22.3. The van der Waals surface area contributed by atoms with Gasteiger partial charge < -0.3 is 15.0 Å². The Morgan fingerprint density at radius 3 is 2.47 bits per heavy atom. The topological polar surface area (TPSA) is 44.8 Å². The number of piperazine rings is 1. The maximum Gasteiger partial charge on any atom is 0.261 e. The number of nitrogens with zero attached hydrogens (tertiary/aromatic N) is 2. The van der Waals surface area contributed by atoms with E-state index in [2.05, 4.69) is 39.4 Å². The van der Waals surface area contributed by atoms with Gasteiger partial charge in [0.1, 0.15) is 12.4 Å². The maximum atomic E-state index is 12.0. The van der Waals surface area contributed by atoms with Crippen LogP contribution in [-0.4, -0.2) is 50.1 Å². The zero-order chi connectivity index (χ0) is 20.6. The molecule has 2 aromatic carbocycles. The molecule has 0 unspecified atom stereocenters. The van der Waals surface area contributed by atoms with Crippen molar-refractivity contribution in [2.24, 2.45) is 0 Å². The van der Waals surface area contributed by atoms with E-state index in [1.54, 1.807) is 0 Å². The van der Waals surface area contributed by atoms with E-state index in [0.717, 1.165) is 49.0 Å². The van der Waals surface area contributed by atoms with Crippen LogP contribution < -0.4 is 15.0 Å². The number of rotatable bonds is 8. The van der Waals surface area contributed by atoms with Crippen molar-refractivity contribution in [2.75, 3.05) is 44.2 Å². The Morgan fingerprint density at radius 2 is 1.70 bits per heavy atom. The smallest absolute Gasteiger partial charge is 0.261 e. The van der Waals surface area contributed by atoms with E-state index >= 15 is 0 Å². The third-order valence-corrected chi connectivity index (χ3v) is 6.14. The molecule has 156 valence electrons. The van der Waals surface area contributed by atoms with E-state index in [1.807, 2.05) is 47.8 Å². The van der Waals surface area contributed by atoms with Gasteiger partial charge in [-0.25, -0.2) is 0 Å². The number of hydrogen-bond donors (Lipinski definition) is 1. The number of para-hydroxylation sites is 2. The van der Waals surface area contributed by atoms with Crippen LogP contribution in [0.2, 0.25) is 0 Å². The summed E-state index contributed by atoms with van der Waals surface area (Å²) in [7, 11) is 0. The fourth-order valence-corrected chi connectivity index (χ4v) is 4.25. The van der Waals surface area contributed by atoms with Gasteiger partial charge in [-0.05, 0) is 29.1 Å². The van der Waals surface area contributed by atoms with Gasteiger partial charge in [0.15, 0.2) is 0 Å². The summed E-state index contributed by atoms with van der Waals surface area (Å²) in [4.78, 5) is 17.6. The molecule has 1 N–H and O–H groups in total. The van der Waals surface area contributed by atoms with Crippen LogP contribution in [0.1, 0.15) is 15.2 Å². The van der Waals surface area contributed by atoms with Gasteiger partial charge in [0.2, 0.25) is 0 Å². The molecule has 4 rings (SSSR count). The fraction of sp³-hybridized carbons (Fsp3) is 0.292. The summed E-state index contributed by atoms with van der Waals surface area (Å²) >= 11 is 1.47. The normalized spacial score (nSPS) is 14.5. The third-order valence-electron chi connectivity index (χ3n) is 5.27. The van der Waals surface area contributed by atoms with Crippen molar-refractivity contribution in [3.8, 4) is 5.75 Å². The van der Waals surface area contributed by atoms with Crippen LogP contribution in [0.15, 0.2) is 72.1 Å². The standard InChI is InChI=1S/C24H27N3O2S/c28-24(23-11-6-18-30-23)25-12-13-26-14-16-27(17-15-26)21-9-4-5-10-22(21)29-19-20-7-2-1-3-8-20/h1-11,18H,12-17,19H2,(H,25,28). The Labute approximate surface area is 181 Å². The first-order chi connectivity index (χ1) is 14.8. The summed E-state index contributed by atoms with van der Waals surface area (Å²) < 4.78 is 6.13. The average Bonchev–Trinajstić information content (AvgIpc) is 3.34. The lowest BCUT2D eigenvalue weighted by molar-refractivity contribution is 0.0952. The van der Waals surface area contributed by atoms with Crippen molar-refractivity contribution in [3.05, 3.63) is 82.6 Å². The zero-order valence-corrected chi connectivity index (χ0v) is 17.8. The summed E-state index contributed by atoms with van der Waals surface area (Å²) in [5.41, 5.74) is 2.32. The molecule has 1 fully saturated rings. The number of hydrogen-bond acceptors (Lipinski definition) is 5. The van der Waals surface area contributed by atoms with Crippen molar-refractivity contribution in [2.45, 2.75) is 6.61 Å². The summed E-state index contributed by atoms with van der Waals surface area (Å²) in [6.45, 7) is 5.96. The van der Waals surface area contributed by atoms with E-state index < -0.39 is 0 Å². The van der Waals surface area contributed by atoms with Crippen molar-refractivity contribution in [3.63, 3.8) is 0 Å². The monoisotopic (exact) mass is 421 g/mol. The van der Waals surface area contributed by atoms with Gasteiger partial charge in [0.05, 0.1) is 10.6 Å². The first-order valence-electron chi connectivity index (χ1n) is 10.3. The Hall–Kier alpha value is -2.83. The maximum absolute atomic E-state index is 12.0. The second kappa shape index (κ2) is 10.3. The molecule has 1 aromatic heterocycles. The van der Waals surface area contributed by atoms with Gasteiger partial charge in [0.25, 0.3) is 5.91 Å². The number of amides is 1. The number of carbonyl (C=O) groups is 1. The van der Waals surface area contributed by atoms with Crippen molar-refractivity contribution in [1.82, 2.24) is 10.2 Å². The second-order valence-electron chi connectivity index (χ2n) is 7.30. The molecule has 0 aliphatic carbocycles. The molecule has 2 heterocycles. The molecule has 6 heteroatoms. The number of anilines is 1. The van der Waals surface area contributed by atoms with Crippen LogP contribution in [0.25, 0.3) is 0 Å². The molecule has 1 aliphatic heterocycles. The highest BCUT2D eigenvalue weighted by Gasteiger charge is 2.19. The van der Waals surface area contributed by atoms with E-state index in [1.165, 1.54) is 16.9 Å². The molecule has 0 atom stereocenters. The van der Waals surface area contributed by atoms with Crippen LogP contribution in [0.3, 0.4) is 0 Å². The molecule has 5 nitrogen and oxygen atoms in total. The molecule has 1 amide bonds. The minimum absolute atomic E-state index is 0.0214. The number of thiophene rings is 1. The Balaban J connectivity index is 1.25. The van der Waals surface area contributed by atoms with Crippen molar-refractivity contribution >= 4 is 22.9 Å². The molecular formula is C24H27N3O2S. The minimum Gasteiger partial charge on any atom is -0.487 e. The number of carbonyl (C=O) groups excluding carboxylic acids is 1. The van der Waals surface area contributed by atoms with Crippen LogP contribution >= 0.6 is 11.3 Å². The van der Waals surface area contributed by atoms with E-state index in [-0.39, 0.29) is 5.91 Å². The lowest BCUT2D eigenvalue weighted by Crippen LogP contribution is -2.48. The Bertz CT molecular complexity index is 923. The largest absolute Gasteiger partial charge is 0.487 e. The van der Waals surface area contributed by atoms with E-state index in [4.69, 9.17) is 4.74 Å². The SMILES string of the molecule is O=C(NCCN1CCN(c2ccccc2OCc2ccccc2)CC1)c1cccs1. The predicted molar refractivity (Wildman–Crippen MR) is 123 cm³/mol. The summed E-state index contributed by atoms with van der Waals surface area (Å²) in [5.74, 6) is 0.950. The van der Waals surface area contributed by atoms with Gasteiger partial charge in [-0.3, -0.25) is 9.69 Å². The molecule has 30 heavy (non-hydrogen) atoms. The van der Waals surface area contributed by atoms with Gasteiger partial charge >= 0.3 is 0 Å². The minimum atomic E-state index is 0.0214. The van der Waals surface area contributed by atoms with Crippen LogP contribution in [-0.2, 0) is 6.61 Å². The molecule has 0 radical (unpaired) electrons.